The average molecular weight is 393 g/mol. The molecule has 1 aromatic rings. The van der Waals surface area contributed by atoms with Gasteiger partial charge in [-0.3, -0.25) is 14.5 Å². The third-order valence-electron chi connectivity index (χ3n) is 5.41. The molecule has 9 heteroatoms. The van der Waals surface area contributed by atoms with E-state index in [-0.39, 0.29) is 23.1 Å². The standard InChI is InChI=1S/C18H23N3O5S/c1-18(13-7-9-14(10-8-13)27(19,25)26)16(23)21(17(24)20-18)11-15(22)12-5-3-2-4-6-12/h7-10,12H,2-6,11H2,1H3,(H,20,24)(H2,19,25,26). The van der Waals surface area contributed by atoms with Crippen LogP contribution in [0.25, 0.3) is 0 Å². The minimum absolute atomic E-state index is 0.0871. The van der Waals surface area contributed by atoms with Crippen LogP contribution in [-0.2, 0) is 25.2 Å². The molecule has 1 aliphatic heterocycles. The number of carbonyl (C=O) groups is 3. The molecule has 8 nitrogen and oxygen atoms in total. The Bertz CT molecular complexity index is 875. The Kier molecular flexibility index (Phi) is 5.09. The molecule has 1 aromatic carbocycles. The van der Waals surface area contributed by atoms with Gasteiger partial charge in [0.15, 0.2) is 5.78 Å². The predicted molar refractivity (Wildman–Crippen MR) is 97.0 cm³/mol. The molecule has 27 heavy (non-hydrogen) atoms. The molecule has 1 unspecified atom stereocenters. The molecule has 1 atom stereocenters. The zero-order valence-electron chi connectivity index (χ0n) is 15.1. The van der Waals surface area contributed by atoms with Gasteiger partial charge in [-0.2, -0.15) is 0 Å². The number of benzene rings is 1. The number of sulfonamides is 1. The van der Waals surface area contributed by atoms with Gasteiger partial charge in [-0.05, 0) is 37.5 Å². The fourth-order valence-corrected chi connectivity index (χ4v) is 4.24. The van der Waals surface area contributed by atoms with Crippen molar-refractivity contribution in [3.05, 3.63) is 29.8 Å². The molecule has 1 heterocycles. The highest BCUT2D eigenvalue weighted by Crippen LogP contribution is 2.30. The topological polar surface area (TPSA) is 127 Å². The van der Waals surface area contributed by atoms with Crippen molar-refractivity contribution in [1.29, 1.82) is 0 Å². The molecule has 1 saturated heterocycles. The summed E-state index contributed by atoms with van der Waals surface area (Å²) < 4.78 is 22.8. The maximum absolute atomic E-state index is 12.9. The monoisotopic (exact) mass is 393 g/mol. The summed E-state index contributed by atoms with van der Waals surface area (Å²) >= 11 is 0. The van der Waals surface area contributed by atoms with Gasteiger partial charge in [-0.25, -0.2) is 18.4 Å². The van der Waals surface area contributed by atoms with E-state index in [2.05, 4.69) is 5.32 Å². The van der Waals surface area contributed by atoms with Crippen molar-refractivity contribution in [3.63, 3.8) is 0 Å². The van der Waals surface area contributed by atoms with E-state index in [9.17, 15) is 22.8 Å². The minimum Gasteiger partial charge on any atom is -0.319 e. The molecule has 0 aromatic heterocycles. The maximum atomic E-state index is 12.9. The van der Waals surface area contributed by atoms with E-state index in [0.717, 1.165) is 37.0 Å². The summed E-state index contributed by atoms with van der Waals surface area (Å²) in [6, 6.07) is 4.81. The zero-order chi connectivity index (χ0) is 19.8. The van der Waals surface area contributed by atoms with Crippen LogP contribution in [0.4, 0.5) is 4.79 Å². The number of rotatable bonds is 5. The molecule has 0 spiro atoms. The highest BCUT2D eigenvalue weighted by atomic mass is 32.2. The number of ketones is 1. The molecule has 3 N–H and O–H groups in total. The van der Waals surface area contributed by atoms with Crippen LogP contribution >= 0.6 is 0 Å². The van der Waals surface area contributed by atoms with E-state index < -0.39 is 27.5 Å². The molecule has 1 aliphatic carbocycles. The fourth-order valence-electron chi connectivity index (χ4n) is 3.72. The average Bonchev–Trinajstić information content (AvgIpc) is 2.86. The van der Waals surface area contributed by atoms with Crippen LogP contribution in [0.1, 0.15) is 44.6 Å². The summed E-state index contributed by atoms with van der Waals surface area (Å²) in [5.74, 6) is -0.715. The highest BCUT2D eigenvalue weighted by Gasteiger charge is 2.49. The summed E-state index contributed by atoms with van der Waals surface area (Å²) in [7, 11) is -3.85. The van der Waals surface area contributed by atoms with E-state index in [0.29, 0.717) is 5.56 Å². The summed E-state index contributed by atoms with van der Waals surface area (Å²) in [5, 5.41) is 7.70. The van der Waals surface area contributed by atoms with Crippen LogP contribution in [0.3, 0.4) is 0 Å². The largest absolute Gasteiger partial charge is 0.325 e. The molecular formula is C18H23N3O5S. The van der Waals surface area contributed by atoms with Crippen molar-refractivity contribution in [2.45, 2.75) is 49.5 Å². The van der Waals surface area contributed by atoms with Gasteiger partial charge in [0.1, 0.15) is 5.54 Å². The Balaban J connectivity index is 1.78. The van der Waals surface area contributed by atoms with E-state index in [4.69, 9.17) is 5.14 Å². The minimum atomic E-state index is -3.85. The number of imide groups is 1. The quantitative estimate of drug-likeness (QED) is 0.728. The predicted octanol–water partition coefficient (Wildman–Crippen LogP) is 1.25. The lowest BCUT2D eigenvalue weighted by atomic mass is 9.86. The fraction of sp³-hybridized carbons (Fsp3) is 0.500. The van der Waals surface area contributed by atoms with Gasteiger partial charge in [0.05, 0.1) is 11.4 Å². The number of amides is 3. The highest BCUT2D eigenvalue weighted by molar-refractivity contribution is 7.89. The number of nitrogens with zero attached hydrogens (tertiary/aromatic N) is 1. The van der Waals surface area contributed by atoms with Gasteiger partial charge in [-0.15, -0.1) is 0 Å². The van der Waals surface area contributed by atoms with Gasteiger partial charge in [0, 0.05) is 5.92 Å². The first kappa shape index (κ1) is 19.5. The molecule has 146 valence electrons. The van der Waals surface area contributed by atoms with E-state index in [1.165, 1.54) is 31.2 Å². The summed E-state index contributed by atoms with van der Waals surface area (Å²) in [6.45, 7) is 1.30. The van der Waals surface area contributed by atoms with Crippen molar-refractivity contribution in [3.8, 4) is 0 Å². The number of carbonyl (C=O) groups excluding carboxylic acids is 3. The molecule has 0 radical (unpaired) electrons. The SMILES string of the molecule is CC1(c2ccc(S(N)(=O)=O)cc2)NC(=O)N(CC(=O)C2CCCCC2)C1=O. The van der Waals surface area contributed by atoms with Gasteiger partial charge in [0.25, 0.3) is 5.91 Å². The third-order valence-corrected chi connectivity index (χ3v) is 6.34. The Morgan fingerprint density at radius 1 is 1.19 bits per heavy atom. The molecule has 3 rings (SSSR count). The van der Waals surface area contributed by atoms with E-state index in [1.54, 1.807) is 0 Å². The number of hydrogen-bond donors (Lipinski definition) is 2. The van der Waals surface area contributed by atoms with Crippen LogP contribution < -0.4 is 10.5 Å². The third kappa shape index (κ3) is 3.74. The van der Waals surface area contributed by atoms with Crippen molar-refractivity contribution in [1.82, 2.24) is 10.2 Å². The summed E-state index contributed by atoms with van der Waals surface area (Å²) in [5.41, 5.74) is -0.943. The smallest absolute Gasteiger partial charge is 0.319 e. The molecule has 1 saturated carbocycles. The number of primary sulfonamides is 1. The van der Waals surface area contributed by atoms with Crippen molar-refractivity contribution in [2.75, 3.05) is 6.54 Å². The normalized spacial score (nSPS) is 24.1. The Hall–Kier alpha value is -2.26. The van der Waals surface area contributed by atoms with Crippen molar-refractivity contribution < 1.29 is 22.8 Å². The van der Waals surface area contributed by atoms with Crippen LogP contribution in [0, 0.1) is 5.92 Å². The number of hydrogen-bond acceptors (Lipinski definition) is 5. The lowest BCUT2D eigenvalue weighted by molar-refractivity contribution is -0.135. The van der Waals surface area contributed by atoms with Gasteiger partial charge in [-0.1, -0.05) is 31.4 Å². The lowest BCUT2D eigenvalue weighted by Gasteiger charge is -2.24. The lowest BCUT2D eigenvalue weighted by Crippen LogP contribution is -2.42. The van der Waals surface area contributed by atoms with E-state index in [1.807, 2.05) is 0 Å². The molecule has 3 amide bonds. The first-order valence-corrected chi connectivity index (χ1v) is 10.5. The van der Waals surface area contributed by atoms with Crippen LogP contribution in [0.2, 0.25) is 0 Å². The first-order valence-electron chi connectivity index (χ1n) is 8.93. The van der Waals surface area contributed by atoms with Gasteiger partial charge in [0.2, 0.25) is 10.0 Å². The van der Waals surface area contributed by atoms with E-state index >= 15 is 0 Å². The summed E-state index contributed by atoms with van der Waals surface area (Å²) in [6.07, 6.45) is 4.69. The van der Waals surface area contributed by atoms with Gasteiger partial charge < -0.3 is 5.32 Å². The molecule has 2 aliphatic rings. The van der Waals surface area contributed by atoms with Crippen LogP contribution in [0.5, 0.6) is 0 Å². The molecule has 0 bridgehead atoms. The Morgan fingerprint density at radius 3 is 2.33 bits per heavy atom. The van der Waals surface area contributed by atoms with Crippen LogP contribution in [0.15, 0.2) is 29.2 Å². The molecular weight excluding hydrogens is 370 g/mol. The van der Waals surface area contributed by atoms with Crippen molar-refractivity contribution >= 4 is 27.7 Å². The Labute approximate surface area is 158 Å². The number of urea groups is 1. The van der Waals surface area contributed by atoms with Crippen molar-refractivity contribution in [2.24, 2.45) is 11.1 Å². The summed E-state index contributed by atoms with van der Waals surface area (Å²) in [4.78, 5) is 38.6. The second-order valence-corrected chi connectivity index (χ2v) is 8.88. The zero-order valence-corrected chi connectivity index (χ0v) is 15.9. The number of Topliss-reactive ketones (excluding diaryl/α,β-unsaturated/α-hetero) is 1. The number of nitrogens with two attached hydrogens (primary N) is 1. The second-order valence-electron chi connectivity index (χ2n) is 7.32. The second kappa shape index (κ2) is 7.05. The van der Waals surface area contributed by atoms with Gasteiger partial charge >= 0.3 is 6.03 Å². The number of nitrogens with one attached hydrogen (secondary N) is 1. The maximum Gasteiger partial charge on any atom is 0.325 e. The molecule has 2 fully saturated rings. The Morgan fingerprint density at radius 2 is 1.78 bits per heavy atom. The first-order chi connectivity index (χ1) is 12.6. The van der Waals surface area contributed by atoms with Crippen LogP contribution in [-0.4, -0.2) is 37.6 Å².